The zero-order valence-corrected chi connectivity index (χ0v) is 2.31. The van der Waals surface area contributed by atoms with Gasteiger partial charge < -0.3 is 0 Å². The van der Waals surface area contributed by atoms with Crippen molar-refractivity contribution in [3.8, 4) is 0 Å². The molecule has 1 aliphatic rings. The Morgan fingerprint density at radius 2 is 2.00 bits per heavy atom. The summed E-state index contributed by atoms with van der Waals surface area (Å²) >= 11 is 0. The van der Waals surface area contributed by atoms with Crippen LogP contribution in [-0.4, -0.2) is 6.21 Å². The van der Waals surface area contributed by atoms with Gasteiger partial charge in [-0.3, -0.25) is 4.99 Å². The predicted molar refractivity (Wildman–Crippen MR) is 17.4 cm³/mol. The Morgan fingerprint density at radius 3 is 2.00 bits per heavy atom. The molecule has 0 fully saturated rings. The minimum atomic E-state index is 1.08. The topological polar surface area (TPSA) is 12.4 Å². The molecule has 0 saturated carbocycles. The van der Waals surface area contributed by atoms with Crippen molar-refractivity contribution in [2.45, 2.75) is 6.42 Å². The Hall–Kier alpha value is -0.330. The standard InChI is InChI=1S/C3H4N/c1-2-4-3-1/h2-3H,1H2. The monoisotopic (exact) mass is 54.0 g/mol. The van der Waals surface area contributed by atoms with Crippen molar-refractivity contribution in [1.82, 2.24) is 0 Å². The Bertz CT molecular complexity index is 32.5. The van der Waals surface area contributed by atoms with Gasteiger partial charge in [0.05, 0.1) is 6.54 Å². The van der Waals surface area contributed by atoms with Crippen LogP contribution in [0.15, 0.2) is 4.99 Å². The number of nitrogens with zero attached hydrogens (tertiary/aromatic N) is 1. The zero-order chi connectivity index (χ0) is 2.83. The van der Waals surface area contributed by atoms with Crippen molar-refractivity contribution < 1.29 is 0 Å². The van der Waals surface area contributed by atoms with Gasteiger partial charge >= 0.3 is 0 Å². The fourth-order valence-electron chi connectivity index (χ4n) is 0.105. The van der Waals surface area contributed by atoms with Gasteiger partial charge in [0.15, 0.2) is 0 Å². The summed E-state index contributed by atoms with van der Waals surface area (Å²) < 4.78 is 0. The van der Waals surface area contributed by atoms with Crippen LogP contribution in [0.5, 0.6) is 0 Å². The van der Waals surface area contributed by atoms with Crippen LogP contribution in [0.3, 0.4) is 0 Å². The van der Waals surface area contributed by atoms with Crippen LogP contribution in [0, 0.1) is 6.54 Å². The van der Waals surface area contributed by atoms with Crippen LogP contribution in [0.25, 0.3) is 0 Å². The summed E-state index contributed by atoms with van der Waals surface area (Å²) in [5.41, 5.74) is 0. The Kier molecular flexibility index (Phi) is 0.268. The Balaban J connectivity index is 2.47. The molecule has 0 N–H and O–H groups in total. The summed E-state index contributed by atoms with van der Waals surface area (Å²) in [5.74, 6) is 0. The molecule has 0 amide bonds. The minimum absolute atomic E-state index is 1.08. The van der Waals surface area contributed by atoms with Crippen LogP contribution >= 0.6 is 0 Å². The maximum absolute atomic E-state index is 3.67. The van der Waals surface area contributed by atoms with Crippen molar-refractivity contribution in [3.05, 3.63) is 6.54 Å². The molecule has 1 radical (unpaired) electrons. The second kappa shape index (κ2) is 0.553. The van der Waals surface area contributed by atoms with Crippen molar-refractivity contribution in [2.75, 3.05) is 0 Å². The van der Waals surface area contributed by atoms with Crippen LogP contribution in [0.2, 0.25) is 0 Å². The van der Waals surface area contributed by atoms with Gasteiger partial charge in [-0.1, -0.05) is 0 Å². The largest absolute Gasteiger partial charge is 0.291 e. The van der Waals surface area contributed by atoms with Crippen molar-refractivity contribution in [1.29, 1.82) is 0 Å². The smallest absolute Gasteiger partial charge is 0.0771 e. The van der Waals surface area contributed by atoms with E-state index in [1.807, 2.05) is 12.8 Å². The molecule has 0 unspecified atom stereocenters. The highest BCUT2D eigenvalue weighted by Gasteiger charge is 1.83. The van der Waals surface area contributed by atoms with Gasteiger partial charge in [0.2, 0.25) is 0 Å². The lowest BCUT2D eigenvalue weighted by molar-refractivity contribution is 1.14. The van der Waals surface area contributed by atoms with E-state index in [1.165, 1.54) is 0 Å². The number of aliphatic imine (C=N–C) groups is 1. The second-order valence-electron chi connectivity index (χ2n) is 0.750. The van der Waals surface area contributed by atoms with Gasteiger partial charge in [-0.2, -0.15) is 0 Å². The lowest BCUT2D eigenvalue weighted by atomic mass is 10.4. The van der Waals surface area contributed by atoms with E-state index in [0.717, 1.165) is 6.42 Å². The Morgan fingerprint density at radius 1 is 1.75 bits per heavy atom. The molecule has 1 heteroatoms. The fraction of sp³-hybridized carbons (Fsp3) is 0.333. The average Bonchev–Trinajstić information content (AvgIpc) is 0.722. The van der Waals surface area contributed by atoms with Gasteiger partial charge in [0.1, 0.15) is 0 Å². The van der Waals surface area contributed by atoms with E-state index in [-0.39, 0.29) is 0 Å². The van der Waals surface area contributed by atoms with Crippen LogP contribution < -0.4 is 0 Å². The third-order valence-electron chi connectivity index (χ3n) is 0.422. The Labute approximate surface area is 25.4 Å². The molecule has 0 aliphatic carbocycles. The first-order chi connectivity index (χ1) is 2.00. The molecule has 0 aromatic heterocycles. The number of rotatable bonds is 0. The maximum Gasteiger partial charge on any atom is 0.0771 e. The number of hydrogen-bond acceptors (Lipinski definition) is 1. The molecule has 21 valence electrons. The predicted octanol–water partition coefficient (Wildman–Crippen LogP) is 0.623. The normalized spacial score (nSPS) is 20.0. The lowest BCUT2D eigenvalue weighted by Crippen LogP contribution is -1.83. The molecule has 1 aliphatic heterocycles. The molecule has 0 spiro atoms. The molecule has 0 aromatic rings. The van der Waals surface area contributed by atoms with E-state index in [1.54, 1.807) is 0 Å². The van der Waals surface area contributed by atoms with Crippen LogP contribution in [-0.2, 0) is 0 Å². The SMILES string of the molecule is [CH]1CC=N1. The van der Waals surface area contributed by atoms with E-state index in [4.69, 9.17) is 0 Å². The zero-order valence-electron chi connectivity index (χ0n) is 2.31. The molecule has 0 bridgehead atoms. The summed E-state index contributed by atoms with van der Waals surface area (Å²) in [5, 5.41) is 0. The second-order valence-corrected chi connectivity index (χ2v) is 0.750. The highest BCUT2D eigenvalue weighted by molar-refractivity contribution is 5.64. The molecule has 0 atom stereocenters. The lowest BCUT2D eigenvalue weighted by Gasteiger charge is -1.91. The highest BCUT2D eigenvalue weighted by atomic mass is 14.7. The molecular formula is C3H4N. The van der Waals surface area contributed by atoms with Gasteiger partial charge in [-0.25, -0.2) is 0 Å². The van der Waals surface area contributed by atoms with E-state index < -0.39 is 0 Å². The van der Waals surface area contributed by atoms with Crippen molar-refractivity contribution in [3.63, 3.8) is 0 Å². The summed E-state index contributed by atoms with van der Waals surface area (Å²) in [6.45, 7) is 1.88. The van der Waals surface area contributed by atoms with Gasteiger partial charge in [-0.15, -0.1) is 0 Å². The van der Waals surface area contributed by atoms with E-state index in [2.05, 4.69) is 4.99 Å². The quantitative estimate of drug-likeness (QED) is 0.384. The van der Waals surface area contributed by atoms with Crippen LogP contribution in [0.1, 0.15) is 6.42 Å². The molecule has 1 heterocycles. The summed E-state index contributed by atoms with van der Waals surface area (Å²) in [6, 6.07) is 0. The molecular weight excluding hydrogens is 50.0 g/mol. The van der Waals surface area contributed by atoms with Crippen LogP contribution in [0.4, 0.5) is 0 Å². The third-order valence-corrected chi connectivity index (χ3v) is 0.422. The first-order valence-electron chi connectivity index (χ1n) is 1.33. The average molecular weight is 54.1 g/mol. The van der Waals surface area contributed by atoms with Gasteiger partial charge in [0.25, 0.3) is 0 Å². The fourth-order valence-corrected chi connectivity index (χ4v) is 0.105. The molecule has 1 rings (SSSR count). The van der Waals surface area contributed by atoms with E-state index in [9.17, 15) is 0 Å². The third kappa shape index (κ3) is 0.0557. The van der Waals surface area contributed by atoms with Gasteiger partial charge in [-0.05, 0) is 0 Å². The van der Waals surface area contributed by atoms with Crippen molar-refractivity contribution >= 4 is 6.21 Å². The molecule has 1 nitrogen and oxygen atoms in total. The number of hydrogen-bond donors (Lipinski definition) is 0. The molecule has 4 heavy (non-hydrogen) atoms. The summed E-state index contributed by atoms with van der Waals surface area (Å²) in [6.07, 6.45) is 2.96. The van der Waals surface area contributed by atoms with Gasteiger partial charge in [0, 0.05) is 12.6 Å². The molecule has 0 aromatic carbocycles. The minimum Gasteiger partial charge on any atom is -0.291 e. The van der Waals surface area contributed by atoms with E-state index >= 15 is 0 Å². The molecule has 0 saturated heterocycles. The van der Waals surface area contributed by atoms with Crippen molar-refractivity contribution in [2.24, 2.45) is 4.99 Å². The first-order valence-corrected chi connectivity index (χ1v) is 1.33. The first kappa shape index (κ1) is 1.94. The summed E-state index contributed by atoms with van der Waals surface area (Å²) in [4.78, 5) is 3.67. The highest BCUT2D eigenvalue weighted by Crippen LogP contribution is 1.92. The summed E-state index contributed by atoms with van der Waals surface area (Å²) in [7, 11) is 0. The maximum atomic E-state index is 3.67. The van der Waals surface area contributed by atoms with E-state index in [0.29, 0.717) is 0 Å².